The highest BCUT2D eigenvalue weighted by Gasteiger charge is 2.27. The van der Waals surface area contributed by atoms with Crippen molar-refractivity contribution in [2.45, 2.75) is 44.2 Å². The van der Waals surface area contributed by atoms with Crippen LogP contribution in [0.1, 0.15) is 32.6 Å². The summed E-state index contributed by atoms with van der Waals surface area (Å²) < 4.78 is 0. The Kier molecular flexibility index (Phi) is 1.78. The number of nitrogens with two attached hydrogens (primary N) is 1. The van der Waals surface area contributed by atoms with Crippen LogP contribution in [-0.4, -0.2) is 16.7 Å². The normalized spacial score (nSPS) is 45.0. The lowest BCUT2D eigenvalue weighted by Crippen LogP contribution is -2.38. The van der Waals surface area contributed by atoms with Crippen LogP contribution in [0.25, 0.3) is 0 Å². The van der Waals surface area contributed by atoms with Crippen LogP contribution in [0.4, 0.5) is 0 Å². The molecule has 0 aromatic heterocycles. The lowest BCUT2D eigenvalue weighted by Gasteiger charge is -2.31. The molecule has 1 unspecified atom stereocenters. The first kappa shape index (κ1) is 7.03. The van der Waals surface area contributed by atoms with E-state index >= 15 is 0 Å². The molecule has 1 fully saturated rings. The third kappa shape index (κ3) is 1.95. The monoisotopic (exact) mass is 129 g/mol. The maximum atomic E-state index is 9.46. The van der Waals surface area contributed by atoms with Gasteiger partial charge in [-0.25, -0.2) is 0 Å². The Hall–Kier alpha value is -0.0800. The highest BCUT2D eigenvalue weighted by Crippen LogP contribution is 2.26. The number of hydrogen-bond donors (Lipinski definition) is 2. The van der Waals surface area contributed by atoms with Crippen molar-refractivity contribution in [2.24, 2.45) is 5.73 Å². The molecule has 0 aromatic carbocycles. The van der Waals surface area contributed by atoms with Crippen molar-refractivity contribution in [3.63, 3.8) is 0 Å². The summed E-state index contributed by atoms with van der Waals surface area (Å²) in [7, 11) is 0. The van der Waals surface area contributed by atoms with Gasteiger partial charge in [0, 0.05) is 6.04 Å². The molecule has 54 valence electrons. The third-order valence-electron chi connectivity index (χ3n) is 1.99. The number of hydrogen-bond acceptors (Lipinski definition) is 2. The van der Waals surface area contributed by atoms with E-state index in [0.717, 1.165) is 25.7 Å². The largest absolute Gasteiger partial charge is 0.390 e. The molecule has 0 aromatic rings. The van der Waals surface area contributed by atoms with Crippen LogP contribution in [0.3, 0.4) is 0 Å². The molecular weight excluding hydrogens is 114 g/mol. The summed E-state index contributed by atoms with van der Waals surface area (Å²) in [5.41, 5.74) is 5.18. The van der Waals surface area contributed by atoms with Gasteiger partial charge in [0.1, 0.15) is 0 Å². The first-order valence-corrected chi connectivity index (χ1v) is 3.58. The quantitative estimate of drug-likeness (QED) is 0.504. The first-order valence-electron chi connectivity index (χ1n) is 3.58. The van der Waals surface area contributed by atoms with Crippen LogP contribution in [0.5, 0.6) is 0 Å². The fourth-order valence-electron chi connectivity index (χ4n) is 1.51. The van der Waals surface area contributed by atoms with Gasteiger partial charge >= 0.3 is 0 Å². The Morgan fingerprint density at radius 3 is 2.67 bits per heavy atom. The predicted molar refractivity (Wildman–Crippen MR) is 37.1 cm³/mol. The zero-order valence-corrected chi connectivity index (χ0v) is 5.93. The van der Waals surface area contributed by atoms with Gasteiger partial charge in [0.05, 0.1) is 5.60 Å². The zero-order chi connectivity index (χ0) is 6.91. The smallest absolute Gasteiger partial charge is 0.0634 e. The van der Waals surface area contributed by atoms with E-state index in [2.05, 4.69) is 0 Å². The molecule has 0 spiro atoms. The summed E-state index contributed by atoms with van der Waals surface area (Å²) in [6.07, 6.45) is 3.85. The minimum Gasteiger partial charge on any atom is -0.390 e. The van der Waals surface area contributed by atoms with E-state index in [1.807, 2.05) is 6.92 Å². The maximum absolute atomic E-state index is 9.46. The second-order valence-electron chi connectivity index (χ2n) is 3.35. The van der Waals surface area contributed by atoms with E-state index in [0.29, 0.717) is 0 Å². The van der Waals surface area contributed by atoms with Crippen molar-refractivity contribution in [3.05, 3.63) is 0 Å². The highest BCUT2D eigenvalue weighted by molar-refractivity contribution is 4.83. The van der Waals surface area contributed by atoms with Crippen LogP contribution in [0, 0.1) is 0 Å². The van der Waals surface area contributed by atoms with Crippen molar-refractivity contribution in [1.82, 2.24) is 0 Å². The van der Waals surface area contributed by atoms with Crippen molar-refractivity contribution in [2.75, 3.05) is 0 Å². The molecule has 0 radical (unpaired) electrons. The summed E-state index contributed by atoms with van der Waals surface area (Å²) in [6.45, 7) is 1.87. The van der Waals surface area contributed by atoms with Gasteiger partial charge in [-0.05, 0) is 32.6 Å². The first-order chi connectivity index (χ1) is 4.10. The molecule has 1 rings (SSSR count). The topological polar surface area (TPSA) is 46.2 Å². The van der Waals surface area contributed by atoms with E-state index in [4.69, 9.17) is 5.73 Å². The van der Waals surface area contributed by atoms with Crippen LogP contribution < -0.4 is 5.73 Å². The second-order valence-corrected chi connectivity index (χ2v) is 3.35. The molecule has 0 bridgehead atoms. The van der Waals surface area contributed by atoms with Gasteiger partial charge in [0.15, 0.2) is 0 Å². The lowest BCUT2D eigenvalue weighted by molar-refractivity contribution is 0.0156. The van der Waals surface area contributed by atoms with Gasteiger partial charge in [-0.15, -0.1) is 0 Å². The molecule has 0 saturated heterocycles. The maximum Gasteiger partial charge on any atom is 0.0634 e. The molecule has 3 N–H and O–H groups in total. The van der Waals surface area contributed by atoms with Crippen LogP contribution in [-0.2, 0) is 0 Å². The van der Waals surface area contributed by atoms with Crippen molar-refractivity contribution in [3.8, 4) is 0 Å². The van der Waals surface area contributed by atoms with E-state index in [9.17, 15) is 5.11 Å². The second kappa shape index (κ2) is 2.27. The lowest BCUT2D eigenvalue weighted by atomic mass is 9.84. The standard InChI is InChI=1S/C7H15NO/c1-7(9)4-2-3-6(8)5-7/h6,9H,2-5,8H2,1H3/t6-,7?/m0/s1. The molecule has 1 aliphatic carbocycles. The van der Waals surface area contributed by atoms with Crippen molar-refractivity contribution >= 4 is 0 Å². The summed E-state index contributed by atoms with van der Waals surface area (Å²) in [5.74, 6) is 0. The average Bonchev–Trinajstić information content (AvgIpc) is 1.60. The zero-order valence-electron chi connectivity index (χ0n) is 5.93. The van der Waals surface area contributed by atoms with Gasteiger partial charge in [0.2, 0.25) is 0 Å². The Morgan fingerprint density at radius 1 is 1.67 bits per heavy atom. The Morgan fingerprint density at radius 2 is 2.33 bits per heavy atom. The van der Waals surface area contributed by atoms with Gasteiger partial charge in [0.25, 0.3) is 0 Å². The van der Waals surface area contributed by atoms with Crippen LogP contribution in [0.15, 0.2) is 0 Å². The fourth-order valence-corrected chi connectivity index (χ4v) is 1.51. The van der Waals surface area contributed by atoms with Crippen LogP contribution in [0.2, 0.25) is 0 Å². The summed E-state index contributed by atoms with van der Waals surface area (Å²) in [5, 5.41) is 9.46. The van der Waals surface area contributed by atoms with E-state index in [1.54, 1.807) is 0 Å². The number of aliphatic hydroxyl groups is 1. The molecule has 2 atom stereocenters. The predicted octanol–water partition coefficient (Wildman–Crippen LogP) is 0.639. The molecular formula is C7H15NO. The van der Waals surface area contributed by atoms with Crippen molar-refractivity contribution < 1.29 is 5.11 Å². The van der Waals surface area contributed by atoms with Gasteiger partial charge in [-0.2, -0.15) is 0 Å². The van der Waals surface area contributed by atoms with E-state index in [1.165, 1.54) is 0 Å². The SMILES string of the molecule is CC1(O)CCC[C@H](N)C1. The minimum atomic E-state index is -0.475. The van der Waals surface area contributed by atoms with E-state index in [-0.39, 0.29) is 6.04 Å². The molecule has 2 nitrogen and oxygen atoms in total. The fraction of sp³-hybridized carbons (Fsp3) is 1.00. The van der Waals surface area contributed by atoms with Gasteiger partial charge < -0.3 is 10.8 Å². The summed E-state index contributed by atoms with van der Waals surface area (Å²) in [6, 6.07) is 0.230. The van der Waals surface area contributed by atoms with Crippen molar-refractivity contribution in [1.29, 1.82) is 0 Å². The average molecular weight is 129 g/mol. The Balaban J connectivity index is 2.41. The Bertz CT molecular complexity index is 101. The molecule has 0 aliphatic heterocycles. The molecule has 0 heterocycles. The summed E-state index contributed by atoms with van der Waals surface area (Å²) in [4.78, 5) is 0. The van der Waals surface area contributed by atoms with E-state index < -0.39 is 5.60 Å². The van der Waals surface area contributed by atoms with Crippen LogP contribution >= 0.6 is 0 Å². The molecule has 9 heavy (non-hydrogen) atoms. The molecule has 2 heteroatoms. The molecule has 1 saturated carbocycles. The number of rotatable bonds is 0. The Labute approximate surface area is 56.1 Å². The summed E-state index contributed by atoms with van der Waals surface area (Å²) >= 11 is 0. The molecule has 0 amide bonds. The minimum absolute atomic E-state index is 0.230. The third-order valence-corrected chi connectivity index (χ3v) is 1.99. The van der Waals surface area contributed by atoms with Gasteiger partial charge in [-0.3, -0.25) is 0 Å². The molecule has 1 aliphatic rings. The van der Waals surface area contributed by atoms with Gasteiger partial charge in [-0.1, -0.05) is 0 Å². The highest BCUT2D eigenvalue weighted by atomic mass is 16.3.